The summed E-state index contributed by atoms with van der Waals surface area (Å²) in [5.41, 5.74) is -0.321. The molecule has 0 aromatic heterocycles. The minimum Gasteiger partial charge on any atom is -0.325 e. The minimum atomic E-state index is -3.34. The molecule has 0 aliphatic carbocycles. The fraction of sp³-hybridized carbons (Fsp3) is 0.211. The Kier molecular flexibility index (Phi) is 5.50. The fourth-order valence-corrected chi connectivity index (χ4v) is 3.84. The van der Waals surface area contributed by atoms with Crippen LogP contribution < -0.4 is 10.6 Å². The molecule has 0 unspecified atom stereocenters. The number of benzene rings is 2. The molecule has 0 saturated carbocycles. The lowest BCUT2D eigenvalue weighted by Gasteiger charge is -2.22. The zero-order valence-corrected chi connectivity index (χ0v) is 18.0. The molecule has 3 rings (SSSR count). The Hall–Kier alpha value is -2.72. The van der Waals surface area contributed by atoms with Gasteiger partial charge in [0.1, 0.15) is 12.1 Å². The van der Waals surface area contributed by atoms with Gasteiger partial charge in [0.25, 0.3) is 5.91 Å². The van der Waals surface area contributed by atoms with Gasteiger partial charge in [-0.05, 0) is 48.9 Å². The summed E-state index contributed by atoms with van der Waals surface area (Å²) >= 11 is 3.32. The van der Waals surface area contributed by atoms with E-state index in [0.717, 1.165) is 15.6 Å². The molecular formula is C19H18BrN3O5S. The average Bonchev–Trinajstić information content (AvgIpc) is 2.86. The molecule has 0 bridgehead atoms. The number of rotatable bonds is 5. The van der Waals surface area contributed by atoms with E-state index in [2.05, 4.69) is 26.6 Å². The molecule has 2 N–H and O–H groups in total. The maximum absolute atomic E-state index is 12.9. The van der Waals surface area contributed by atoms with Crippen LogP contribution in [0.5, 0.6) is 0 Å². The molecule has 1 fully saturated rings. The van der Waals surface area contributed by atoms with Gasteiger partial charge in [0.05, 0.1) is 4.90 Å². The SMILES string of the molecule is C[C@@]1(c2ccc(Br)cc2)NC(=O)N(CC(=O)Nc2ccc(S(C)(=O)=O)cc2)C1=O. The molecule has 8 nitrogen and oxygen atoms in total. The van der Waals surface area contributed by atoms with Crippen LogP contribution in [0.2, 0.25) is 0 Å². The van der Waals surface area contributed by atoms with Crippen molar-refractivity contribution in [2.24, 2.45) is 0 Å². The molecule has 10 heteroatoms. The highest BCUT2D eigenvalue weighted by molar-refractivity contribution is 9.10. The summed E-state index contributed by atoms with van der Waals surface area (Å²) in [4.78, 5) is 38.5. The zero-order chi connectivity index (χ0) is 21.4. The molecule has 4 amide bonds. The average molecular weight is 480 g/mol. The van der Waals surface area contributed by atoms with Crippen molar-refractivity contribution in [3.63, 3.8) is 0 Å². The number of carbonyl (C=O) groups is 3. The van der Waals surface area contributed by atoms with Gasteiger partial charge in [0.2, 0.25) is 5.91 Å². The molecule has 29 heavy (non-hydrogen) atoms. The number of nitrogens with one attached hydrogen (secondary N) is 2. The number of imide groups is 1. The summed E-state index contributed by atoms with van der Waals surface area (Å²) in [6.07, 6.45) is 1.08. The topological polar surface area (TPSA) is 113 Å². The summed E-state index contributed by atoms with van der Waals surface area (Å²) in [5, 5.41) is 5.18. The van der Waals surface area contributed by atoms with E-state index in [9.17, 15) is 22.8 Å². The third kappa shape index (κ3) is 4.33. The van der Waals surface area contributed by atoms with E-state index < -0.39 is 39.8 Å². The van der Waals surface area contributed by atoms with Crippen molar-refractivity contribution in [1.82, 2.24) is 10.2 Å². The van der Waals surface area contributed by atoms with E-state index in [4.69, 9.17) is 0 Å². The molecule has 2 aromatic carbocycles. The van der Waals surface area contributed by atoms with Crippen LogP contribution in [-0.4, -0.2) is 44.0 Å². The highest BCUT2D eigenvalue weighted by Gasteiger charge is 2.49. The third-order valence-corrected chi connectivity index (χ3v) is 6.22. The summed E-state index contributed by atoms with van der Waals surface area (Å²) < 4.78 is 23.8. The van der Waals surface area contributed by atoms with Crippen molar-refractivity contribution in [3.05, 3.63) is 58.6 Å². The van der Waals surface area contributed by atoms with Crippen LogP contribution in [-0.2, 0) is 25.0 Å². The first-order valence-electron chi connectivity index (χ1n) is 8.51. The van der Waals surface area contributed by atoms with Gasteiger partial charge in [-0.15, -0.1) is 0 Å². The van der Waals surface area contributed by atoms with Crippen LogP contribution in [0, 0.1) is 0 Å². The largest absolute Gasteiger partial charge is 0.325 e. The molecular weight excluding hydrogens is 462 g/mol. The first kappa shape index (κ1) is 21.0. The maximum atomic E-state index is 12.9. The van der Waals surface area contributed by atoms with Crippen molar-refractivity contribution >= 4 is 49.3 Å². The molecule has 0 radical (unpaired) electrons. The van der Waals surface area contributed by atoms with Gasteiger partial charge in [-0.1, -0.05) is 28.1 Å². The second-order valence-electron chi connectivity index (χ2n) is 6.80. The number of carbonyl (C=O) groups excluding carboxylic acids is 3. The van der Waals surface area contributed by atoms with Crippen molar-refractivity contribution in [2.75, 3.05) is 18.1 Å². The second kappa shape index (κ2) is 7.60. The predicted octanol–water partition coefficient (Wildman–Crippen LogP) is 2.26. The lowest BCUT2D eigenvalue weighted by atomic mass is 9.92. The molecule has 1 aliphatic rings. The van der Waals surface area contributed by atoms with E-state index in [0.29, 0.717) is 11.3 Å². The van der Waals surface area contributed by atoms with Gasteiger partial charge in [0, 0.05) is 16.4 Å². The van der Waals surface area contributed by atoms with Crippen LogP contribution in [0.15, 0.2) is 57.9 Å². The minimum absolute atomic E-state index is 0.120. The van der Waals surface area contributed by atoms with Crippen molar-refractivity contribution in [3.8, 4) is 0 Å². The predicted molar refractivity (Wildman–Crippen MR) is 110 cm³/mol. The smallest absolute Gasteiger partial charge is 0.325 e. The number of halogens is 1. The van der Waals surface area contributed by atoms with E-state index >= 15 is 0 Å². The van der Waals surface area contributed by atoms with Crippen molar-refractivity contribution in [1.29, 1.82) is 0 Å². The summed E-state index contributed by atoms with van der Waals surface area (Å²) in [5.74, 6) is -1.12. The molecule has 1 saturated heterocycles. The lowest BCUT2D eigenvalue weighted by molar-refractivity contribution is -0.133. The highest BCUT2D eigenvalue weighted by atomic mass is 79.9. The molecule has 1 atom stereocenters. The molecule has 2 aromatic rings. The van der Waals surface area contributed by atoms with Crippen LogP contribution in [0.25, 0.3) is 0 Å². The van der Waals surface area contributed by atoms with Crippen LogP contribution in [0.4, 0.5) is 10.5 Å². The monoisotopic (exact) mass is 479 g/mol. The van der Waals surface area contributed by atoms with E-state index in [1.54, 1.807) is 31.2 Å². The number of nitrogens with zero attached hydrogens (tertiary/aromatic N) is 1. The highest BCUT2D eigenvalue weighted by Crippen LogP contribution is 2.29. The van der Waals surface area contributed by atoms with Crippen LogP contribution in [0.3, 0.4) is 0 Å². The summed E-state index contributed by atoms with van der Waals surface area (Å²) in [7, 11) is -3.34. The Balaban J connectivity index is 1.71. The van der Waals surface area contributed by atoms with Crippen molar-refractivity contribution in [2.45, 2.75) is 17.4 Å². The van der Waals surface area contributed by atoms with Crippen LogP contribution in [0.1, 0.15) is 12.5 Å². The van der Waals surface area contributed by atoms with Gasteiger partial charge >= 0.3 is 6.03 Å². The maximum Gasteiger partial charge on any atom is 0.325 e. The van der Waals surface area contributed by atoms with E-state index in [1.807, 2.05) is 0 Å². The van der Waals surface area contributed by atoms with Crippen LogP contribution >= 0.6 is 15.9 Å². The summed E-state index contributed by atoms with van der Waals surface area (Å²) in [6, 6.07) is 11.9. The number of amides is 4. The molecule has 0 spiro atoms. The fourth-order valence-electron chi connectivity index (χ4n) is 2.95. The van der Waals surface area contributed by atoms with E-state index in [-0.39, 0.29) is 4.90 Å². The Morgan fingerprint density at radius 3 is 2.24 bits per heavy atom. The van der Waals surface area contributed by atoms with Gasteiger partial charge in [-0.2, -0.15) is 0 Å². The number of hydrogen-bond acceptors (Lipinski definition) is 5. The standard InChI is InChI=1S/C19H18BrN3O5S/c1-19(12-3-5-13(20)6-4-12)17(25)23(18(26)22-19)11-16(24)21-14-7-9-15(10-8-14)29(2,27)28/h3-10H,11H2,1-2H3,(H,21,24)(H,22,26)/t19-/m0/s1. The lowest BCUT2D eigenvalue weighted by Crippen LogP contribution is -2.42. The number of anilines is 1. The Labute approximate surface area is 176 Å². The first-order valence-corrected chi connectivity index (χ1v) is 11.2. The van der Waals surface area contributed by atoms with Crippen molar-refractivity contribution < 1.29 is 22.8 Å². The normalized spacial score (nSPS) is 19.2. The van der Waals surface area contributed by atoms with E-state index in [1.165, 1.54) is 24.3 Å². The molecule has 1 aliphatic heterocycles. The quantitative estimate of drug-likeness (QED) is 0.638. The number of hydrogen-bond donors (Lipinski definition) is 2. The molecule has 152 valence electrons. The number of sulfone groups is 1. The Morgan fingerprint density at radius 1 is 1.10 bits per heavy atom. The second-order valence-corrected chi connectivity index (χ2v) is 9.73. The third-order valence-electron chi connectivity index (χ3n) is 4.56. The zero-order valence-electron chi connectivity index (χ0n) is 15.6. The van der Waals surface area contributed by atoms with Gasteiger partial charge in [-0.25, -0.2) is 13.2 Å². The Morgan fingerprint density at radius 2 is 1.69 bits per heavy atom. The number of urea groups is 1. The summed E-state index contributed by atoms with van der Waals surface area (Å²) in [6.45, 7) is 1.11. The first-order chi connectivity index (χ1) is 13.5. The Bertz CT molecular complexity index is 1080. The van der Waals surface area contributed by atoms with Gasteiger partial charge < -0.3 is 10.6 Å². The van der Waals surface area contributed by atoms with Gasteiger partial charge in [-0.3, -0.25) is 14.5 Å². The molecule has 1 heterocycles. The van der Waals surface area contributed by atoms with Gasteiger partial charge in [0.15, 0.2) is 9.84 Å².